The van der Waals surface area contributed by atoms with Gasteiger partial charge in [0.05, 0.1) is 14.2 Å². The Hall–Kier alpha value is -2.50. The van der Waals surface area contributed by atoms with Crippen LogP contribution in [-0.2, 0) is 13.0 Å². The van der Waals surface area contributed by atoms with Crippen LogP contribution >= 0.6 is 0 Å². The second kappa shape index (κ2) is 8.25. The summed E-state index contributed by atoms with van der Waals surface area (Å²) in [7, 11) is 3.35. The van der Waals surface area contributed by atoms with Crippen LogP contribution < -0.4 is 14.8 Å². The van der Waals surface area contributed by atoms with Crippen LogP contribution in [0.2, 0.25) is 0 Å². The molecule has 0 unspecified atom stereocenters. The third-order valence-electron chi connectivity index (χ3n) is 6.05. The molecule has 2 aliphatic rings. The number of rotatable bonds is 5. The maximum absolute atomic E-state index is 12.6. The van der Waals surface area contributed by atoms with Gasteiger partial charge in [0.25, 0.3) is 5.91 Å². The molecule has 1 saturated carbocycles. The minimum absolute atomic E-state index is 0.0348. The molecule has 1 N–H and O–H groups in total. The molecule has 6 nitrogen and oxygen atoms in total. The van der Waals surface area contributed by atoms with E-state index in [1.165, 1.54) is 24.8 Å². The fourth-order valence-corrected chi connectivity index (χ4v) is 4.47. The minimum Gasteiger partial charge on any atom is -0.497 e. The molecule has 28 heavy (non-hydrogen) atoms. The van der Waals surface area contributed by atoms with Gasteiger partial charge in [-0.25, -0.2) is 4.98 Å². The van der Waals surface area contributed by atoms with Crippen molar-refractivity contribution >= 4 is 5.91 Å². The van der Waals surface area contributed by atoms with Gasteiger partial charge < -0.3 is 19.4 Å². The number of aryl methyl sites for hydroxylation is 1. The molecule has 1 aromatic carbocycles. The molecule has 1 aliphatic carbocycles. The summed E-state index contributed by atoms with van der Waals surface area (Å²) in [5, 5.41) is 3.17. The Morgan fingerprint density at radius 1 is 1.14 bits per heavy atom. The maximum Gasteiger partial charge on any atom is 0.271 e. The number of nitrogens with one attached hydrogen (secondary N) is 1. The summed E-state index contributed by atoms with van der Waals surface area (Å²) in [6.07, 6.45) is 9.61. The number of imidazole rings is 1. The van der Waals surface area contributed by atoms with E-state index in [-0.39, 0.29) is 5.91 Å². The lowest BCUT2D eigenvalue weighted by Crippen LogP contribution is -2.36. The second-order valence-corrected chi connectivity index (χ2v) is 7.85. The van der Waals surface area contributed by atoms with E-state index in [0.29, 0.717) is 17.7 Å². The number of benzene rings is 1. The number of nitrogens with zero attached hydrogens (tertiary/aromatic N) is 2. The smallest absolute Gasteiger partial charge is 0.271 e. The largest absolute Gasteiger partial charge is 0.497 e. The van der Waals surface area contributed by atoms with Crippen LogP contribution in [0.25, 0.3) is 0 Å². The molecule has 0 spiro atoms. The summed E-state index contributed by atoms with van der Waals surface area (Å²) >= 11 is 0. The quantitative estimate of drug-likeness (QED) is 0.855. The number of amides is 1. The van der Waals surface area contributed by atoms with E-state index in [4.69, 9.17) is 9.47 Å². The summed E-state index contributed by atoms with van der Waals surface area (Å²) in [5.41, 5.74) is 1.72. The average molecular weight is 383 g/mol. The van der Waals surface area contributed by atoms with Crippen molar-refractivity contribution in [3.63, 3.8) is 0 Å². The van der Waals surface area contributed by atoms with Gasteiger partial charge in [0, 0.05) is 37.2 Å². The molecule has 4 rings (SSSR count). The van der Waals surface area contributed by atoms with Gasteiger partial charge >= 0.3 is 0 Å². The Morgan fingerprint density at radius 2 is 1.96 bits per heavy atom. The molecular formula is C22H29N3O3. The Labute approximate surface area is 166 Å². The number of carbonyl (C=O) groups is 1. The highest BCUT2D eigenvalue weighted by Gasteiger charge is 2.26. The number of ether oxygens (including phenoxy) is 2. The third-order valence-corrected chi connectivity index (χ3v) is 6.05. The van der Waals surface area contributed by atoms with Gasteiger partial charge in [-0.1, -0.05) is 25.3 Å². The molecule has 1 aromatic heterocycles. The van der Waals surface area contributed by atoms with Crippen molar-refractivity contribution in [3.8, 4) is 11.5 Å². The molecule has 1 aliphatic heterocycles. The van der Waals surface area contributed by atoms with Crippen molar-refractivity contribution < 1.29 is 14.3 Å². The van der Waals surface area contributed by atoms with E-state index < -0.39 is 0 Å². The van der Waals surface area contributed by atoms with Crippen LogP contribution in [0.15, 0.2) is 24.4 Å². The van der Waals surface area contributed by atoms with Gasteiger partial charge in [-0.15, -0.1) is 0 Å². The first kappa shape index (κ1) is 18.8. The first-order chi connectivity index (χ1) is 13.7. The highest BCUT2D eigenvalue weighted by atomic mass is 16.5. The molecular weight excluding hydrogens is 354 g/mol. The summed E-state index contributed by atoms with van der Waals surface area (Å²) in [6, 6.07) is 6.30. The van der Waals surface area contributed by atoms with E-state index in [1.54, 1.807) is 14.2 Å². The van der Waals surface area contributed by atoms with Gasteiger partial charge in [-0.3, -0.25) is 4.79 Å². The number of carbonyl (C=O) groups excluding carboxylic acids is 1. The summed E-state index contributed by atoms with van der Waals surface area (Å²) in [4.78, 5) is 17.2. The van der Waals surface area contributed by atoms with E-state index in [2.05, 4.69) is 20.9 Å². The fourth-order valence-electron chi connectivity index (χ4n) is 4.47. The lowest BCUT2D eigenvalue weighted by molar-refractivity contribution is 0.0923. The Morgan fingerprint density at radius 3 is 2.71 bits per heavy atom. The van der Waals surface area contributed by atoms with Crippen LogP contribution in [0.5, 0.6) is 11.5 Å². The topological polar surface area (TPSA) is 65.4 Å². The lowest BCUT2D eigenvalue weighted by atomic mass is 9.91. The van der Waals surface area contributed by atoms with Gasteiger partial charge in [0.1, 0.15) is 23.0 Å². The van der Waals surface area contributed by atoms with Gasteiger partial charge in [-0.2, -0.15) is 0 Å². The summed E-state index contributed by atoms with van der Waals surface area (Å²) < 4.78 is 13.0. The van der Waals surface area contributed by atoms with E-state index in [0.717, 1.165) is 49.6 Å². The van der Waals surface area contributed by atoms with Crippen molar-refractivity contribution in [3.05, 3.63) is 41.5 Å². The van der Waals surface area contributed by atoms with Crippen LogP contribution in [-0.4, -0.2) is 35.7 Å². The normalized spacial score (nSPS) is 19.7. The minimum atomic E-state index is -0.0348. The van der Waals surface area contributed by atoms with Crippen molar-refractivity contribution in [1.29, 1.82) is 0 Å². The van der Waals surface area contributed by atoms with E-state index in [1.807, 2.05) is 18.3 Å². The Kier molecular flexibility index (Phi) is 5.55. The van der Waals surface area contributed by atoms with Crippen molar-refractivity contribution in [2.45, 2.75) is 63.5 Å². The molecule has 0 bridgehead atoms. The summed E-state index contributed by atoms with van der Waals surface area (Å²) in [6.45, 7) is 0.807. The molecule has 1 atom stereocenters. The maximum atomic E-state index is 12.6. The van der Waals surface area contributed by atoms with Crippen LogP contribution in [0.1, 0.15) is 66.3 Å². The van der Waals surface area contributed by atoms with Crippen molar-refractivity contribution in [1.82, 2.24) is 14.9 Å². The van der Waals surface area contributed by atoms with Gasteiger partial charge in [-0.05, 0) is 30.9 Å². The number of hydrogen-bond acceptors (Lipinski definition) is 4. The molecule has 2 aromatic rings. The van der Waals surface area contributed by atoms with Gasteiger partial charge in [0.15, 0.2) is 0 Å². The fraction of sp³-hybridized carbons (Fsp3) is 0.545. The van der Waals surface area contributed by atoms with E-state index >= 15 is 0 Å². The molecule has 6 heteroatoms. The van der Waals surface area contributed by atoms with Crippen molar-refractivity contribution in [2.24, 2.45) is 0 Å². The van der Waals surface area contributed by atoms with Crippen LogP contribution in [0, 0.1) is 0 Å². The van der Waals surface area contributed by atoms with Crippen LogP contribution in [0.3, 0.4) is 0 Å². The molecule has 150 valence electrons. The van der Waals surface area contributed by atoms with Crippen molar-refractivity contribution in [2.75, 3.05) is 14.2 Å². The molecule has 2 heterocycles. The monoisotopic (exact) mass is 383 g/mol. The second-order valence-electron chi connectivity index (χ2n) is 7.85. The average Bonchev–Trinajstić information content (AvgIpc) is 3.17. The van der Waals surface area contributed by atoms with E-state index in [9.17, 15) is 4.79 Å². The Bertz CT molecular complexity index is 840. The number of hydrogen-bond donors (Lipinski definition) is 1. The predicted molar refractivity (Wildman–Crippen MR) is 107 cm³/mol. The molecule has 1 fully saturated rings. The number of methoxy groups -OCH3 is 2. The zero-order valence-corrected chi connectivity index (χ0v) is 16.7. The first-order valence-electron chi connectivity index (χ1n) is 10.3. The highest BCUT2D eigenvalue weighted by molar-refractivity contribution is 5.92. The zero-order valence-electron chi connectivity index (χ0n) is 16.7. The standard InChI is InChI=1S/C22H29N3O3/c1-27-17-9-10-18(20(12-17)28-2)15-8-11-21-24-19(14-25(21)13-15)22(26)23-16-6-4-3-5-7-16/h9-10,12,14-16H,3-8,11,13H2,1-2H3,(H,23,26)/t15-/m1/s1. The highest BCUT2D eigenvalue weighted by Crippen LogP contribution is 2.36. The number of aromatic nitrogens is 2. The zero-order chi connectivity index (χ0) is 19.5. The van der Waals surface area contributed by atoms with Crippen LogP contribution in [0.4, 0.5) is 0 Å². The third kappa shape index (κ3) is 3.86. The lowest BCUT2D eigenvalue weighted by Gasteiger charge is -2.25. The molecule has 0 radical (unpaired) electrons. The molecule has 0 saturated heterocycles. The Balaban J connectivity index is 1.48. The number of fused-ring (bicyclic) bond motifs is 1. The molecule has 1 amide bonds. The predicted octanol–water partition coefficient (Wildman–Crippen LogP) is 3.69. The van der Waals surface area contributed by atoms with Gasteiger partial charge in [0.2, 0.25) is 0 Å². The first-order valence-corrected chi connectivity index (χ1v) is 10.3. The SMILES string of the molecule is COc1ccc([C@@H]2CCc3nc(C(=O)NC4CCCCC4)cn3C2)c(OC)c1. The summed E-state index contributed by atoms with van der Waals surface area (Å²) in [5.74, 6) is 2.94.